The van der Waals surface area contributed by atoms with E-state index in [0.717, 1.165) is 12.8 Å². The first-order valence-electron chi connectivity index (χ1n) is 5.73. The number of alkyl halides is 3. The summed E-state index contributed by atoms with van der Waals surface area (Å²) in [7, 11) is 0. The van der Waals surface area contributed by atoms with Gasteiger partial charge in [0.1, 0.15) is 0 Å². The fourth-order valence-electron chi connectivity index (χ4n) is 3.32. The summed E-state index contributed by atoms with van der Waals surface area (Å²) >= 11 is 0. The number of rotatable bonds is 1. The maximum Gasteiger partial charge on any atom is 0.391 e. The van der Waals surface area contributed by atoms with Gasteiger partial charge in [0, 0.05) is 18.1 Å². The highest BCUT2D eigenvalue weighted by Crippen LogP contribution is 2.45. The van der Waals surface area contributed by atoms with E-state index in [1.54, 1.807) is 0 Å². The molecule has 2 aliphatic heterocycles. The van der Waals surface area contributed by atoms with Gasteiger partial charge < -0.3 is 0 Å². The van der Waals surface area contributed by atoms with Gasteiger partial charge in [0.05, 0.1) is 5.92 Å². The first kappa shape index (κ1) is 11.2. The van der Waals surface area contributed by atoms with Crippen molar-refractivity contribution in [2.75, 3.05) is 0 Å². The molecule has 2 unspecified atom stereocenters. The molecule has 15 heavy (non-hydrogen) atoms. The smallest absolute Gasteiger partial charge is 0.295 e. The Labute approximate surface area is 88.6 Å². The molecule has 0 saturated carbocycles. The summed E-state index contributed by atoms with van der Waals surface area (Å²) in [6.07, 6.45) is -1.44. The minimum atomic E-state index is -3.98. The SMILES string of the molecule is CC(C)N1C2CCC1CC(C(F)(F)F)C2. The summed E-state index contributed by atoms with van der Waals surface area (Å²) in [4.78, 5) is 2.29. The predicted octanol–water partition coefficient (Wildman–Crippen LogP) is 3.20. The van der Waals surface area contributed by atoms with Crippen LogP contribution in [0.15, 0.2) is 0 Å². The van der Waals surface area contributed by atoms with Crippen LogP contribution in [0.4, 0.5) is 13.2 Å². The lowest BCUT2D eigenvalue weighted by molar-refractivity contribution is -0.192. The summed E-state index contributed by atoms with van der Waals surface area (Å²) in [5, 5.41) is 0. The van der Waals surface area contributed by atoms with Crippen LogP contribution in [0.1, 0.15) is 39.5 Å². The van der Waals surface area contributed by atoms with E-state index in [-0.39, 0.29) is 12.1 Å². The van der Waals surface area contributed by atoms with Crippen molar-refractivity contribution in [2.24, 2.45) is 5.92 Å². The van der Waals surface area contributed by atoms with Crippen LogP contribution in [0.3, 0.4) is 0 Å². The molecule has 2 atom stereocenters. The number of nitrogens with zero attached hydrogens (tertiary/aromatic N) is 1. The van der Waals surface area contributed by atoms with E-state index in [9.17, 15) is 13.2 Å². The molecule has 2 aliphatic rings. The minimum Gasteiger partial charge on any atom is -0.295 e. The van der Waals surface area contributed by atoms with Crippen LogP contribution in [0.5, 0.6) is 0 Å². The molecule has 2 bridgehead atoms. The average Bonchev–Trinajstić information content (AvgIpc) is 2.35. The summed E-state index contributed by atoms with van der Waals surface area (Å²) in [6, 6.07) is 0.738. The van der Waals surface area contributed by atoms with E-state index in [1.165, 1.54) is 0 Å². The molecule has 0 aromatic carbocycles. The topological polar surface area (TPSA) is 3.24 Å². The first-order valence-corrected chi connectivity index (χ1v) is 5.73. The molecule has 0 aromatic heterocycles. The largest absolute Gasteiger partial charge is 0.391 e. The van der Waals surface area contributed by atoms with Gasteiger partial charge in [-0.1, -0.05) is 0 Å². The third-order valence-corrected chi connectivity index (χ3v) is 3.85. The summed E-state index contributed by atoms with van der Waals surface area (Å²) in [6.45, 7) is 4.17. The third kappa shape index (κ3) is 2.01. The molecule has 2 heterocycles. The fraction of sp³-hybridized carbons (Fsp3) is 1.00. The van der Waals surface area contributed by atoms with Gasteiger partial charge in [-0.25, -0.2) is 0 Å². The number of hydrogen-bond donors (Lipinski definition) is 0. The second kappa shape index (κ2) is 3.65. The quantitative estimate of drug-likeness (QED) is 0.657. The Morgan fingerprint density at radius 3 is 1.87 bits per heavy atom. The van der Waals surface area contributed by atoms with Gasteiger partial charge in [-0.15, -0.1) is 0 Å². The Bertz CT molecular complexity index is 222. The van der Waals surface area contributed by atoms with Gasteiger partial charge in [0.15, 0.2) is 0 Å². The van der Waals surface area contributed by atoms with Crippen LogP contribution < -0.4 is 0 Å². The average molecular weight is 221 g/mol. The van der Waals surface area contributed by atoms with E-state index in [0.29, 0.717) is 18.9 Å². The third-order valence-electron chi connectivity index (χ3n) is 3.85. The molecule has 0 amide bonds. The lowest BCUT2D eigenvalue weighted by atomic mass is 9.89. The highest BCUT2D eigenvalue weighted by atomic mass is 19.4. The molecule has 2 rings (SSSR count). The maximum absolute atomic E-state index is 12.6. The molecule has 0 spiro atoms. The van der Waals surface area contributed by atoms with E-state index in [4.69, 9.17) is 0 Å². The molecule has 0 aromatic rings. The van der Waals surface area contributed by atoms with Crippen molar-refractivity contribution >= 4 is 0 Å². The number of fused-ring (bicyclic) bond motifs is 2. The first-order chi connectivity index (χ1) is 6.89. The molecule has 0 N–H and O–H groups in total. The van der Waals surface area contributed by atoms with Gasteiger partial charge in [-0.3, -0.25) is 4.90 Å². The fourth-order valence-corrected chi connectivity index (χ4v) is 3.32. The second-order valence-corrected chi connectivity index (χ2v) is 5.14. The van der Waals surface area contributed by atoms with Crippen molar-refractivity contribution in [3.63, 3.8) is 0 Å². The monoisotopic (exact) mass is 221 g/mol. The number of piperidine rings is 1. The van der Waals surface area contributed by atoms with Gasteiger partial charge >= 0.3 is 6.18 Å². The normalized spacial score (nSPS) is 37.6. The lowest BCUT2D eigenvalue weighted by Crippen LogP contribution is -2.49. The molecule has 0 radical (unpaired) electrons. The standard InChI is InChI=1S/C11H18F3N/c1-7(2)15-9-3-4-10(15)6-8(5-9)11(12,13)14/h7-10H,3-6H2,1-2H3. The zero-order chi connectivity index (χ0) is 11.2. The van der Waals surface area contributed by atoms with Crippen LogP contribution in [-0.2, 0) is 0 Å². The van der Waals surface area contributed by atoms with Gasteiger partial charge in [0.25, 0.3) is 0 Å². The van der Waals surface area contributed by atoms with E-state index >= 15 is 0 Å². The zero-order valence-electron chi connectivity index (χ0n) is 9.22. The molecular formula is C11H18F3N. The molecule has 4 heteroatoms. The molecule has 2 fully saturated rings. The molecule has 2 saturated heterocycles. The Balaban J connectivity index is 2.08. The van der Waals surface area contributed by atoms with E-state index in [1.807, 2.05) is 0 Å². The summed E-state index contributed by atoms with van der Waals surface area (Å²) in [5.74, 6) is -1.05. The minimum absolute atomic E-state index is 0.176. The molecule has 1 nitrogen and oxygen atoms in total. The maximum atomic E-state index is 12.6. The van der Waals surface area contributed by atoms with E-state index < -0.39 is 12.1 Å². The van der Waals surface area contributed by atoms with Crippen molar-refractivity contribution in [1.82, 2.24) is 4.90 Å². The van der Waals surface area contributed by atoms with Gasteiger partial charge in [-0.2, -0.15) is 13.2 Å². The van der Waals surface area contributed by atoms with Crippen molar-refractivity contribution in [1.29, 1.82) is 0 Å². The number of halogens is 3. The summed E-state index contributed by atoms with van der Waals surface area (Å²) < 4.78 is 37.9. The highest BCUT2D eigenvalue weighted by Gasteiger charge is 2.50. The van der Waals surface area contributed by atoms with Gasteiger partial charge in [0.2, 0.25) is 0 Å². The zero-order valence-corrected chi connectivity index (χ0v) is 9.22. The Hall–Kier alpha value is -0.250. The van der Waals surface area contributed by atoms with Crippen LogP contribution >= 0.6 is 0 Å². The van der Waals surface area contributed by atoms with Crippen LogP contribution in [0.25, 0.3) is 0 Å². The van der Waals surface area contributed by atoms with Crippen LogP contribution in [0.2, 0.25) is 0 Å². The van der Waals surface area contributed by atoms with Gasteiger partial charge in [-0.05, 0) is 39.5 Å². The predicted molar refractivity (Wildman–Crippen MR) is 52.6 cm³/mol. The van der Waals surface area contributed by atoms with Crippen molar-refractivity contribution < 1.29 is 13.2 Å². The van der Waals surface area contributed by atoms with Crippen molar-refractivity contribution in [3.8, 4) is 0 Å². The molecule has 0 aliphatic carbocycles. The molecule has 88 valence electrons. The highest BCUT2D eigenvalue weighted by molar-refractivity contribution is 4.97. The second-order valence-electron chi connectivity index (χ2n) is 5.14. The van der Waals surface area contributed by atoms with E-state index in [2.05, 4.69) is 18.7 Å². The Morgan fingerprint density at radius 2 is 1.53 bits per heavy atom. The molecular weight excluding hydrogens is 203 g/mol. The summed E-state index contributed by atoms with van der Waals surface area (Å²) in [5.41, 5.74) is 0. The Kier molecular flexibility index (Phi) is 2.73. The lowest BCUT2D eigenvalue weighted by Gasteiger charge is -2.41. The van der Waals surface area contributed by atoms with Crippen LogP contribution in [-0.4, -0.2) is 29.2 Å². The van der Waals surface area contributed by atoms with Crippen molar-refractivity contribution in [3.05, 3.63) is 0 Å². The number of hydrogen-bond acceptors (Lipinski definition) is 1. The Morgan fingerprint density at radius 1 is 1.07 bits per heavy atom. The van der Waals surface area contributed by atoms with Crippen LogP contribution in [0, 0.1) is 5.92 Å². The van der Waals surface area contributed by atoms with Crippen molar-refractivity contribution in [2.45, 2.75) is 63.8 Å².